The fraction of sp³-hybridized carbons (Fsp3) is 0.500. The lowest BCUT2D eigenvalue weighted by atomic mass is 9.73. The van der Waals surface area contributed by atoms with E-state index >= 15 is 0 Å². The van der Waals surface area contributed by atoms with E-state index in [4.69, 9.17) is 5.73 Å². The number of hydrogen-bond acceptors (Lipinski definition) is 6. The average Bonchev–Trinajstić information content (AvgIpc) is 3.11. The Kier molecular flexibility index (Phi) is 7.98. The zero-order valence-corrected chi connectivity index (χ0v) is 25.5. The number of ketones is 1. The van der Waals surface area contributed by atoms with Crippen molar-refractivity contribution in [3.8, 4) is 0 Å². The molecule has 6 rings (SSSR count). The number of Topliss-reactive ketones (excluding diaryl/α,β-unsaturated/α-hetero) is 1. The van der Waals surface area contributed by atoms with Crippen LogP contribution in [0, 0.1) is 17.0 Å². The van der Waals surface area contributed by atoms with Gasteiger partial charge in [0.2, 0.25) is 11.8 Å². The Morgan fingerprint density at radius 3 is 2.27 bits per heavy atom. The lowest BCUT2D eigenvalue weighted by Gasteiger charge is -2.48. The van der Waals surface area contributed by atoms with Crippen LogP contribution in [0.5, 0.6) is 0 Å². The lowest BCUT2D eigenvalue weighted by Crippen LogP contribution is -2.64. The van der Waals surface area contributed by atoms with Gasteiger partial charge in [0, 0.05) is 36.8 Å². The van der Waals surface area contributed by atoms with Crippen molar-refractivity contribution in [1.82, 2.24) is 9.80 Å². The number of nitrogens with zero attached hydrogens (tertiary/aromatic N) is 3. The predicted molar refractivity (Wildman–Crippen MR) is 165 cm³/mol. The van der Waals surface area contributed by atoms with Gasteiger partial charge in [-0.1, -0.05) is 32.4 Å². The SMILES string of the molecule is CC1(C)CC(=O)C2=C(C1)Nc1ccccc1N(CC(=O)N1CCC(C(N)=O)(N3CCCCC3)CC1)C2c1cc(F)cc(F)c1. The summed E-state index contributed by atoms with van der Waals surface area (Å²) in [5.74, 6) is -2.15. The number of nitrogens with one attached hydrogen (secondary N) is 1. The van der Waals surface area contributed by atoms with E-state index in [2.05, 4.69) is 10.2 Å². The van der Waals surface area contributed by atoms with Crippen molar-refractivity contribution in [1.29, 1.82) is 0 Å². The van der Waals surface area contributed by atoms with Gasteiger partial charge >= 0.3 is 0 Å². The highest BCUT2D eigenvalue weighted by molar-refractivity contribution is 6.02. The van der Waals surface area contributed by atoms with Crippen LogP contribution >= 0.6 is 0 Å². The minimum Gasteiger partial charge on any atom is -0.368 e. The Bertz CT molecular complexity index is 1490. The van der Waals surface area contributed by atoms with Crippen molar-refractivity contribution in [2.24, 2.45) is 11.1 Å². The summed E-state index contributed by atoms with van der Waals surface area (Å²) >= 11 is 0. The number of anilines is 2. The molecule has 2 amide bonds. The molecule has 2 fully saturated rings. The largest absolute Gasteiger partial charge is 0.368 e. The molecule has 10 heteroatoms. The molecule has 2 saturated heterocycles. The van der Waals surface area contributed by atoms with Crippen LogP contribution in [-0.2, 0) is 14.4 Å². The molecule has 1 atom stereocenters. The molecule has 44 heavy (non-hydrogen) atoms. The smallest absolute Gasteiger partial charge is 0.242 e. The molecule has 0 radical (unpaired) electrons. The number of benzene rings is 2. The second kappa shape index (κ2) is 11.6. The first kappa shape index (κ1) is 30.2. The summed E-state index contributed by atoms with van der Waals surface area (Å²) in [7, 11) is 0. The van der Waals surface area contributed by atoms with Gasteiger partial charge in [-0.15, -0.1) is 0 Å². The molecule has 1 unspecified atom stereocenters. The molecule has 2 aromatic rings. The summed E-state index contributed by atoms with van der Waals surface area (Å²) in [4.78, 5) is 46.5. The number of amides is 2. The van der Waals surface area contributed by atoms with Gasteiger partial charge in [0.15, 0.2) is 5.78 Å². The second-order valence-corrected chi connectivity index (χ2v) is 13.5. The molecule has 8 nitrogen and oxygen atoms in total. The monoisotopic (exact) mass is 605 g/mol. The van der Waals surface area contributed by atoms with E-state index in [1.54, 1.807) is 9.80 Å². The number of fused-ring (bicyclic) bond motifs is 1. The van der Waals surface area contributed by atoms with Gasteiger partial charge < -0.3 is 20.9 Å². The summed E-state index contributed by atoms with van der Waals surface area (Å²) in [6, 6.07) is 9.88. The molecule has 0 saturated carbocycles. The van der Waals surface area contributed by atoms with Gasteiger partial charge in [0.05, 0.1) is 24.0 Å². The lowest BCUT2D eigenvalue weighted by molar-refractivity contribution is -0.141. The van der Waals surface area contributed by atoms with Crippen LogP contribution in [0.1, 0.15) is 70.4 Å². The number of piperidine rings is 2. The van der Waals surface area contributed by atoms with Crippen molar-refractivity contribution in [2.45, 2.75) is 70.4 Å². The van der Waals surface area contributed by atoms with Crippen LogP contribution in [0.4, 0.5) is 20.2 Å². The number of rotatable bonds is 5. The van der Waals surface area contributed by atoms with Crippen molar-refractivity contribution in [3.63, 3.8) is 0 Å². The van der Waals surface area contributed by atoms with E-state index in [0.29, 0.717) is 55.0 Å². The van der Waals surface area contributed by atoms with E-state index in [9.17, 15) is 23.2 Å². The highest BCUT2D eigenvalue weighted by Crippen LogP contribution is 2.48. The quantitative estimate of drug-likeness (QED) is 0.503. The predicted octanol–water partition coefficient (Wildman–Crippen LogP) is 4.91. The summed E-state index contributed by atoms with van der Waals surface area (Å²) in [5, 5.41) is 3.47. The summed E-state index contributed by atoms with van der Waals surface area (Å²) < 4.78 is 29.4. The Balaban J connectivity index is 1.36. The number of nitrogens with two attached hydrogens (primary N) is 1. The van der Waals surface area contributed by atoms with E-state index in [-0.39, 0.29) is 41.5 Å². The van der Waals surface area contributed by atoms with Crippen LogP contribution in [0.3, 0.4) is 0 Å². The number of para-hydroxylation sites is 2. The highest BCUT2D eigenvalue weighted by Gasteiger charge is 2.47. The van der Waals surface area contributed by atoms with Crippen molar-refractivity contribution in [3.05, 3.63) is 70.9 Å². The molecule has 4 aliphatic rings. The maximum Gasteiger partial charge on any atom is 0.242 e. The molecule has 3 N–H and O–H groups in total. The van der Waals surface area contributed by atoms with E-state index < -0.39 is 23.2 Å². The van der Waals surface area contributed by atoms with E-state index in [1.807, 2.05) is 38.1 Å². The van der Waals surface area contributed by atoms with Gasteiger partial charge in [-0.2, -0.15) is 0 Å². The zero-order chi connectivity index (χ0) is 31.2. The van der Waals surface area contributed by atoms with Crippen molar-refractivity contribution < 1.29 is 23.2 Å². The fourth-order valence-electron chi connectivity index (χ4n) is 7.72. The Hall–Kier alpha value is -3.79. The molecular weight excluding hydrogens is 564 g/mol. The zero-order valence-electron chi connectivity index (χ0n) is 25.5. The molecule has 0 bridgehead atoms. The molecule has 2 aromatic carbocycles. The van der Waals surface area contributed by atoms with Crippen molar-refractivity contribution >= 4 is 29.0 Å². The Morgan fingerprint density at radius 1 is 0.955 bits per heavy atom. The highest BCUT2D eigenvalue weighted by atomic mass is 19.1. The summed E-state index contributed by atoms with van der Waals surface area (Å²) in [6.45, 7) is 6.31. The maximum atomic E-state index is 14.7. The van der Waals surface area contributed by atoms with Crippen molar-refractivity contribution in [2.75, 3.05) is 42.9 Å². The third-order valence-electron chi connectivity index (χ3n) is 9.87. The number of allylic oxidation sites excluding steroid dienone is 1. The number of hydrogen-bond donors (Lipinski definition) is 2. The number of halogens is 2. The first-order chi connectivity index (χ1) is 21.0. The van der Waals surface area contributed by atoms with Crippen LogP contribution < -0.4 is 16.0 Å². The minimum absolute atomic E-state index is 0.116. The number of likely N-dealkylation sites (tertiary alicyclic amines) is 2. The molecule has 0 aromatic heterocycles. The Morgan fingerprint density at radius 2 is 1.61 bits per heavy atom. The number of carbonyl (C=O) groups is 3. The van der Waals surface area contributed by atoms with Gasteiger partial charge in [0.1, 0.15) is 17.2 Å². The summed E-state index contributed by atoms with van der Waals surface area (Å²) in [6.07, 6.45) is 4.93. The summed E-state index contributed by atoms with van der Waals surface area (Å²) in [5.41, 5.74) is 7.68. The van der Waals surface area contributed by atoms with Crippen LogP contribution in [0.2, 0.25) is 0 Å². The minimum atomic E-state index is -0.887. The van der Waals surface area contributed by atoms with Gasteiger partial charge in [-0.25, -0.2) is 8.78 Å². The normalized spacial score (nSPS) is 23.4. The van der Waals surface area contributed by atoms with Gasteiger partial charge in [0.25, 0.3) is 0 Å². The molecule has 0 spiro atoms. The molecule has 1 aliphatic carbocycles. The average molecular weight is 606 g/mol. The standard InChI is InChI=1S/C34H41F2N5O3/c1-33(2)19-26-30(28(42)20-33)31(22-16-23(35)18-24(36)17-22)41(27-9-5-4-8-25(27)38-26)21-29(43)39-14-10-34(11-15-39,32(37)44)40-12-6-3-7-13-40/h4-5,8-9,16-18,31,38H,3,6-7,10-15,19-21H2,1-2H3,(H2,37,44). The second-order valence-electron chi connectivity index (χ2n) is 13.5. The third kappa shape index (κ3) is 5.60. The van der Waals surface area contributed by atoms with Gasteiger partial charge in [-0.05, 0) is 80.4 Å². The van der Waals surface area contributed by atoms with Gasteiger partial charge in [-0.3, -0.25) is 19.3 Å². The first-order valence-corrected chi connectivity index (χ1v) is 15.7. The molecule has 3 heterocycles. The number of carbonyl (C=O) groups excluding carboxylic acids is 3. The third-order valence-corrected chi connectivity index (χ3v) is 9.87. The first-order valence-electron chi connectivity index (χ1n) is 15.7. The van der Waals surface area contributed by atoms with E-state index in [0.717, 1.165) is 38.4 Å². The Labute approximate surface area is 257 Å². The molecule has 3 aliphatic heterocycles. The van der Waals surface area contributed by atoms with Crippen LogP contribution in [-0.4, -0.2) is 65.7 Å². The van der Waals surface area contributed by atoms with Crippen LogP contribution in [0.15, 0.2) is 53.7 Å². The maximum absolute atomic E-state index is 14.7. The van der Waals surface area contributed by atoms with Crippen LogP contribution in [0.25, 0.3) is 0 Å². The molecular formula is C34H41F2N5O3. The number of primary amides is 1. The topological polar surface area (TPSA) is 99.0 Å². The molecule has 234 valence electrons. The fourth-order valence-corrected chi connectivity index (χ4v) is 7.72. The van der Waals surface area contributed by atoms with E-state index in [1.165, 1.54) is 12.1 Å².